The summed E-state index contributed by atoms with van der Waals surface area (Å²) >= 11 is 0. The lowest BCUT2D eigenvalue weighted by atomic mass is 10.1. The minimum atomic E-state index is -0.149. The molecule has 3 aromatic rings. The van der Waals surface area contributed by atoms with Gasteiger partial charge >= 0.3 is 0 Å². The Labute approximate surface area is 116 Å². The molecule has 5 nitrogen and oxygen atoms in total. The number of nitrogens with zero attached hydrogens (tertiary/aromatic N) is 4. The van der Waals surface area contributed by atoms with Crippen LogP contribution in [0, 0.1) is 6.92 Å². The van der Waals surface area contributed by atoms with Crippen molar-refractivity contribution in [1.82, 2.24) is 20.0 Å². The molecule has 100 valence electrons. The minimum absolute atomic E-state index is 0.149. The molecule has 0 aliphatic heterocycles. The van der Waals surface area contributed by atoms with Crippen LogP contribution in [0.2, 0.25) is 0 Å². The fourth-order valence-electron chi connectivity index (χ4n) is 2.16. The van der Waals surface area contributed by atoms with Gasteiger partial charge in [0.25, 0.3) is 0 Å². The topological polar surface area (TPSA) is 63.8 Å². The molecular weight excluding hydrogens is 252 g/mol. The molecule has 0 atom stereocenters. The number of aromatic nitrogens is 4. The van der Waals surface area contributed by atoms with Crippen molar-refractivity contribution in [3.63, 3.8) is 0 Å². The van der Waals surface area contributed by atoms with Gasteiger partial charge in [0.1, 0.15) is 11.4 Å². The standard InChI is InChI=1S/C15H14N4O/c1-11-3-2-4-13(9-11)19-15(14(10-20)17-18-19)12-5-7-16-8-6-12/h2-9,20H,10H2,1H3. The van der Waals surface area contributed by atoms with E-state index in [1.807, 2.05) is 43.3 Å². The highest BCUT2D eigenvalue weighted by Gasteiger charge is 2.15. The zero-order valence-electron chi connectivity index (χ0n) is 11.1. The van der Waals surface area contributed by atoms with E-state index in [1.165, 1.54) is 0 Å². The Balaban J connectivity index is 2.20. The number of aryl methyl sites for hydroxylation is 1. The molecule has 0 aliphatic rings. The zero-order chi connectivity index (χ0) is 13.9. The molecule has 0 saturated carbocycles. The van der Waals surface area contributed by atoms with Crippen molar-refractivity contribution in [2.24, 2.45) is 0 Å². The van der Waals surface area contributed by atoms with Crippen molar-refractivity contribution in [3.8, 4) is 16.9 Å². The van der Waals surface area contributed by atoms with E-state index in [4.69, 9.17) is 0 Å². The molecule has 0 fully saturated rings. The van der Waals surface area contributed by atoms with Crippen molar-refractivity contribution in [2.75, 3.05) is 0 Å². The van der Waals surface area contributed by atoms with Gasteiger partial charge < -0.3 is 5.11 Å². The van der Waals surface area contributed by atoms with Crippen molar-refractivity contribution >= 4 is 0 Å². The molecule has 0 saturated heterocycles. The average Bonchev–Trinajstić information content (AvgIpc) is 2.92. The highest BCUT2D eigenvalue weighted by atomic mass is 16.3. The molecular formula is C15H14N4O. The van der Waals surface area contributed by atoms with Gasteiger partial charge in [-0.1, -0.05) is 17.3 Å². The minimum Gasteiger partial charge on any atom is -0.390 e. The van der Waals surface area contributed by atoms with Gasteiger partial charge in [-0.25, -0.2) is 4.68 Å². The fraction of sp³-hybridized carbons (Fsp3) is 0.133. The highest BCUT2D eigenvalue weighted by Crippen LogP contribution is 2.25. The summed E-state index contributed by atoms with van der Waals surface area (Å²) in [5.41, 5.74) is 4.34. The van der Waals surface area contributed by atoms with E-state index in [1.54, 1.807) is 17.1 Å². The largest absolute Gasteiger partial charge is 0.390 e. The predicted octanol–water partition coefficient (Wildman–Crippen LogP) is 2.13. The number of benzene rings is 1. The predicted molar refractivity (Wildman–Crippen MR) is 75.2 cm³/mol. The molecule has 20 heavy (non-hydrogen) atoms. The van der Waals surface area contributed by atoms with E-state index < -0.39 is 0 Å². The van der Waals surface area contributed by atoms with Crippen molar-refractivity contribution < 1.29 is 5.11 Å². The molecule has 0 amide bonds. The van der Waals surface area contributed by atoms with Gasteiger partial charge in [-0.3, -0.25) is 4.98 Å². The van der Waals surface area contributed by atoms with E-state index in [2.05, 4.69) is 15.3 Å². The highest BCUT2D eigenvalue weighted by molar-refractivity contribution is 5.63. The number of pyridine rings is 1. The Kier molecular flexibility index (Phi) is 3.26. The summed E-state index contributed by atoms with van der Waals surface area (Å²) in [7, 11) is 0. The lowest BCUT2D eigenvalue weighted by Crippen LogP contribution is -2.00. The smallest absolute Gasteiger partial charge is 0.117 e. The Hall–Kier alpha value is -2.53. The second-order valence-corrected chi connectivity index (χ2v) is 4.53. The van der Waals surface area contributed by atoms with E-state index >= 15 is 0 Å². The summed E-state index contributed by atoms with van der Waals surface area (Å²) < 4.78 is 1.74. The lowest BCUT2D eigenvalue weighted by Gasteiger charge is -2.08. The van der Waals surface area contributed by atoms with Gasteiger partial charge in [-0.2, -0.15) is 0 Å². The van der Waals surface area contributed by atoms with E-state index in [-0.39, 0.29) is 6.61 Å². The van der Waals surface area contributed by atoms with Crippen molar-refractivity contribution in [3.05, 3.63) is 60.0 Å². The van der Waals surface area contributed by atoms with Crippen LogP contribution < -0.4 is 0 Å². The SMILES string of the molecule is Cc1cccc(-n2nnc(CO)c2-c2ccncc2)c1. The number of hydrogen-bond acceptors (Lipinski definition) is 4. The van der Waals surface area contributed by atoms with Gasteiger partial charge in [0.2, 0.25) is 0 Å². The first kappa shape index (κ1) is 12.5. The first-order valence-corrected chi connectivity index (χ1v) is 6.32. The Morgan fingerprint density at radius 1 is 1.15 bits per heavy atom. The first-order valence-electron chi connectivity index (χ1n) is 6.32. The zero-order valence-corrected chi connectivity index (χ0v) is 11.1. The van der Waals surface area contributed by atoms with Crippen LogP contribution in [0.4, 0.5) is 0 Å². The second-order valence-electron chi connectivity index (χ2n) is 4.53. The molecule has 0 unspecified atom stereocenters. The first-order chi connectivity index (χ1) is 9.79. The Morgan fingerprint density at radius 2 is 1.95 bits per heavy atom. The van der Waals surface area contributed by atoms with Crippen LogP contribution in [0.25, 0.3) is 16.9 Å². The van der Waals surface area contributed by atoms with Gasteiger partial charge in [0.15, 0.2) is 0 Å². The molecule has 1 N–H and O–H groups in total. The molecule has 0 radical (unpaired) electrons. The van der Waals surface area contributed by atoms with Gasteiger partial charge in [-0.15, -0.1) is 5.10 Å². The van der Waals surface area contributed by atoms with Gasteiger partial charge in [0, 0.05) is 18.0 Å². The van der Waals surface area contributed by atoms with Crippen LogP contribution in [-0.4, -0.2) is 25.1 Å². The molecule has 0 aliphatic carbocycles. The number of rotatable bonds is 3. The fourth-order valence-corrected chi connectivity index (χ4v) is 2.16. The number of aliphatic hydroxyl groups is 1. The van der Waals surface area contributed by atoms with Crippen LogP contribution in [0.3, 0.4) is 0 Å². The lowest BCUT2D eigenvalue weighted by molar-refractivity contribution is 0.277. The molecule has 2 aromatic heterocycles. The average molecular weight is 266 g/mol. The molecule has 2 heterocycles. The summed E-state index contributed by atoms with van der Waals surface area (Å²) in [5, 5.41) is 17.7. The Morgan fingerprint density at radius 3 is 2.65 bits per heavy atom. The van der Waals surface area contributed by atoms with Crippen LogP contribution in [-0.2, 0) is 6.61 Å². The summed E-state index contributed by atoms with van der Waals surface area (Å²) in [6.45, 7) is 1.88. The van der Waals surface area contributed by atoms with E-state index in [0.29, 0.717) is 5.69 Å². The molecule has 0 bridgehead atoms. The molecule has 5 heteroatoms. The van der Waals surface area contributed by atoms with Crippen molar-refractivity contribution in [2.45, 2.75) is 13.5 Å². The maximum atomic E-state index is 9.46. The van der Waals surface area contributed by atoms with Crippen LogP contribution in [0.15, 0.2) is 48.8 Å². The van der Waals surface area contributed by atoms with Gasteiger partial charge in [-0.05, 0) is 36.8 Å². The maximum Gasteiger partial charge on any atom is 0.117 e. The molecule has 3 rings (SSSR count). The van der Waals surface area contributed by atoms with Crippen molar-refractivity contribution in [1.29, 1.82) is 0 Å². The maximum absolute atomic E-state index is 9.46. The van der Waals surface area contributed by atoms with E-state index in [9.17, 15) is 5.11 Å². The third kappa shape index (κ3) is 2.19. The molecule has 0 spiro atoms. The van der Waals surface area contributed by atoms with Crippen LogP contribution >= 0.6 is 0 Å². The number of aliphatic hydroxyl groups excluding tert-OH is 1. The summed E-state index contributed by atoms with van der Waals surface area (Å²) in [6.07, 6.45) is 3.42. The van der Waals surface area contributed by atoms with E-state index in [0.717, 1.165) is 22.5 Å². The quantitative estimate of drug-likeness (QED) is 0.788. The van der Waals surface area contributed by atoms with Crippen LogP contribution in [0.5, 0.6) is 0 Å². The normalized spacial score (nSPS) is 10.7. The molecule has 1 aromatic carbocycles. The summed E-state index contributed by atoms with van der Waals surface area (Å²) in [4.78, 5) is 4.01. The Bertz CT molecular complexity index is 722. The monoisotopic (exact) mass is 266 g/mol. The van der Waals surface area contributed by atoms with Gasteiger partial charge in [0.05, 0.1) is 12.3 Å². The number of hydrogen-bond donors (Lipinski definition) is 1. The van der Waals surface area contributed by atoms with Crippen LogP contribution in [0.1, 0.15) is 11.3 Å². The third-order valence-electron chi connectivity index (χ3n) is 3.09. The second kappa shape index (κ2) is 5.22. The third-order valence-corrected chi connectivity index (χ3v) is 3.09. The summed E-state index contributed by atoms with van der Waals surface area (Å²) in [6, 6.07) is 11.8. The summed E-state index contributed by atoms with van der Waals surface area (Å²) in [5.74, 6) is 0.